The molecule has 1 N–H and O–H groups in total. The van der Waals surface area contributed by atoms with Crippen LogP contribution in [0, 0.1) is 0 Å². The molecule has 3 nitrogen and oxygen atoms in total. The highest BCUT2D eigenvalue weighted by Crippen LogP contribution is 2.49. The van der Waals surface area contributed by atoms with Crippen molar-refractivity contribution in [2.45, 2.75) is 81.3 Å². The van der Waals surface area contributed by atoms with Crippen LogP contribution in [0.5, 0.6) is 0 Å². The van der Waals surface area contributed by atoms with E-state index < -0.39 is 0 Å². The Bertz CT molecular complexity index is 783. The van der Waals surface area contributed by atoms with Crippen molar-refractivity contribution in [1.82, 2.24) is 10.3 Å². The van der Waals surface area contributed by atoms with Crippen LogP contribution in [0.2, 0.25) is 0 Å². The van der Waals surface area contributed by atoms with E-state index in [0.717, 1.165) is 32.4 Å². The molecule has 2 atom stereocenters. The lowest BCUT2D eigenvalue weighted by atomic mass is 9.68. The molecule has 4 heteroatoms. The van der Waals surface area contributed by atoms with Gasteiger partial charge >= 0.3 is 0 Å². The van der Waals surface area contributed by atoms with Crippen molar-refractivity contribution in [3.05, 3.63) is 52.0 Å². The quantitative estimate of drug-likeness (QED) is 0.718. The molecular formula is C24H32N2OS. The summed E-state index contributed by atoms with van der Waals surface area (Å²) in [5, 5.41) is 6.19. The molecule has 28 heavy (non-hydrogen) atoms. The molecule has 1 spiro atoms. The van der Waals surface area contributed by atoms with Gasteiger partial charge in [0, 0.05) is 34.8 Å². The summed E-state index contributed by atoms with van der Waals surface area (Å²) in [5.74, 6) is 0. The number of hydrogen-bond donors (Lipinski definition) is 1. The smallest absolute Gasteiger partial charge is 0.0691 e. The summed E-state index contributed by atoms with van der Waals surface area (Å²) in [4.78, 5) is 6.44. The van der Waals surface area contributed by atoms with E-state index in [9.17, 15) is 0 Å². The standard InChI is InChI=1S/C24H32N2OS/c1-4-14-26-22(8-1)23(13-16-27-24(18-23)10-2-3-11-24)12-15-25-20-6-5-7-21-19(20)9-17-28-21/h1,4,8-9,14,17,20,25H,2-3,5-7,10-13,15-16,18H2/t20-,23+/m0/s1. The first kappa shape index (κ1) is 18.8. The van der Waals surface area contributed by atoms with Crippen molar-refractivity contribution in [3.63, 3.8) is 0 Å². The Morgan fingerprint density at radius 2 is 2.07 bits per heavy atom. The van der Waals surface area contributed by atoms with Crippen molar-refractivity contribution in [2.75, 3.05) is 13.2 Å². The van der Waals surface area contributed by atoms with Crippen molar-refractivity contribution in [3.8, 4) is 0 Å². The van der Waals surface area contributed by atoms with E-state index in [-0.39, 0.29) is 11.0 Å². The summed E-state index contributed by atoms with van der Waals surface area (Å²) >= 11 is 1.93. The molecule has 0 radical (unpaired) electrons. The first-order chi connectivity index (χ1) is 13.8. The van der Waals surface area contributed by atoms with Gasteiger partial charge in [-0.1, -0.05) is 18.9 Å². The van der Waals surface area contributed by atoms with Gasteiger partial charge < -0.3 is 10.1 Å². The second kappa shape index (κ2) is 7.89. The Kier molecular flexibility index (Phi) is 5.29. The summed E-state index contributed by atoms with van der Waals surface area (Å²) in [6, 6.07) is 9.34. The highest BCUT2D eigenvalue weighted by Gasteiger charge is 2.48. The lowest BCUT2D eigenvalue weighted by Crippen LogP contribution is -2.47. The van der Waals surface area contributed by atoms with E-state index in [1.807, 2.05) is 23.6 Å². The molecule has 1 saturated carbocycles. The van der Waals surface area contributed by atoms with E-state index in [0.29, 0.717) is 6.04 Å². The lowest BCUT2D eigenvalue weighted by Gasteiger charge is -2.46. The fourth-order valence-corrected chi connectivity index (χ4v) is 6.97. The molecule has 1 saturated heterocycles. The van der Waals surface area contributed by atoms with E-state index in [1.54, 1.807) is 10.4 Å². The molecule has 2 fully saturated rings. The predicted molar refractivity (Wildman–Crippen MR) is 115 cm³/mol. The molecule has 2 aliphatic carbocycles. The molecule has 1 aliphatic heterocycles. The number of thiophene rings is 1. The fourth-order valence-electron chi connectivity index (χ4n) is 5.98. The van der Waals surface area contributed by atoms with Crippen LogP contribution >= 0.6 is 11.3 Å². The third-order valence-electron chi connectivity index (χ3n) is 7.42. The molecular weight excluding hydrogens is 364 g/mol. The van der Waals surface area contributed by atoms with E-state index in [4.69, 9.17) is 9.72 Å². The second-order valence-corrected chi connectivity index (χ2v) is 10.1. The summed E-state index contributed by atoms with van der Waals surface area (Å²) in [6.07, 6.45) is 14.3. The first-order valence-electron chi connectivity index (χ1n) is 11.1. The third kappa shape index (κ3) is 3.55. The van der Waals surface area contributed by atoms with Crippen molar-refractivity contribution < 1.29 is 4.74 Å². The van der Waals surface area contributed by atoms with Gasteiger partial charge in [0.25, 0.3) is 0 Å². The maximum Gasteiger partial charge on any atom is 0.0691 e. The minimum atomic E-state index is 0.112. The summed E-state index contributed by atoms with van der Waals surface area (Å²) in [5.41, 5.74) is 3.11. The van der Waals surface area contributed by atoms with Gasteiger partial charge in [-0.05, 0) is 87.1 Å². The van der Waals surface area contributed by atoms with Crippen LogP contribution in [0.3, 0.4) is 0 Å². The van der Waals surface area contributed by atoms with Gasteiger partial charge in [0.15, 0.2) is 0 Å². The Labute approximate surface area is 172 Å². The van der Waals surface area contributed by atoms with Gasteiger partial charge in [0.2, 0.25) is 0 Å². The van der Waals surface area contributed by atoms with Crippen LogP contribution in [0.4, 0.5) is 0 Å². The number of hydrogen-bond acceptors (Lipinski definition) is 4. The summed E-state index contributed by atoms with van der Waals surface area (Å²) < 4.78 is 6.39. The van der Waals surface area contributed by atoms with Gasteiger partial charge in [-0.15, -0.1) is 11.3 Å². The summed E-state index contributed by atoms with van der Waals surface area (Å²) in [6.45, 7) is 1.95. The van der Waals surface area contributed by atoms with Gasteiger partial charge in [-0.2, -0.15) is 0 Å². The molecule has 3 aliphatic rings. The largest absolute Gasteiger partial charge is 0.375 e. The lowest BCUT2D eigenvalue weighted by molar-refractivity contribution is -0.104. The Morgan fingerprint density at radius 1 is 1.14 bits per heavy atom. The Hall–Kier alpha value is -1.23. The number of aromatic nitrogens is 1. The zero-order valence-corrected chi connectivity index (χ0v) is 17.6. The maximum absolute atomic E-state index is 6.39. The Morgan fingerprint density at radius 3 is 2.93 bits per heavy atom. The van der Waals surface area contributed by atoms with E-state index in [2.05, 4.69) is 28.9 Å². The molecule has 5 rings (SSSR count). The minimum absolute atomic E-state index is 0.112. The van der Waals surface area contributed by atoms with Crippen LogP contribution in [0.25, 0.3) is 0 Å². The Balaban J connectivity index is 1.33. The number of rotatable bonds is 5. The van der Waals surface area contributed by atoms with Crippen molar-refractivity contribution in [1.29, 1.82) is 0 Å². The van der Waals surface area contributed by atoms with Crippen molar-refractivity contribution in [2.24, 2.45) is 0 Å². The van der Waals surface area contributed by atoms with Gasteiger partial charge in [0.05, 0.1) is 5.60 Å². The van der Waals surface area contributed by atoms with Crippen LogP contribution in [-0.2, 0) is 16.6 Å². The third-order valence-corrected chi connectivity index (χ3v) is 8.42. The molecule has 0 amide bonds. The van der Waals surface area contributed by atoms with E-state index >= 15 is 0 Å². The average Bonchev–Trinajstić information content (AvgIpc) is 3.39. The van der Waals surface area contributed by atoms with E-state index in [1.165, 1.54) is 50.6 Å². The van der Waals surface area contributed by atoms with Crippen LogP contribution in [0.1, 0.15) is 80.0 Å². The number of pyridine rings is 1. The highest BCUT2D eigenvalue weighted by molar-refractivity contribution is 7.10. The number of ether oxygens (including phenoxy) is 1. The molecule has 2 aromatic heterocycles. The second-order valence-electron chi connectivity index (χ2n) is 9.11. The predicted octanol–water partition coefficient (Wildman–Crippen LogP) is 5.56. The zero-order chi connectivity index (χ0) is 18.9. The van der Waals surface area contributed by atoms with Crippen LogP contribution in [-0.4, -0.2) is 23.7 Å². The molecule has 2 aromatic rings. The monoisotopic (exact) mass is 396 g/mol. The number of nitrogens with zero attached hydrogens (tertiary/aromatic N) is 1. The minimum Gasteiger partial charge on any atom is -0.375 e. The maximum atomic E-state index is 6.39. The molecule has 0 aromatic carbocycles. The van der Waals surface area contributed by atoms with Gasteiger partial charge in [0.1, 0.15) is 0 Å². The molecule has 3 heterocycles. The fraction of sp³-hybridized carbons (Fsp3) is 0.625. The zero-order valence-electron chi connectivity index (χ0n) is 16.8. The molecule has 150 valence electrons. The number of aryl methyl sites for hydroxylation is 1. The first-order valence-corrected chi connectivity index (χ1v) is 12.0. The summed E-state index contributed by atoms with van der Waals surface area (Å²) in [7, 11) is 0. The number of fused-ring (bicyclic) bond motifs is 1. The normalized spacial score (nSPS) is 29.1. The molecule has 0 bridgehead atoms. The van der Waals surface area contributed by atoms with Gasteiger partial charge in [-0.3, -0.25) is 4.98 Å². The average molecular weight is 397 g/mol. The van der Waals surface area contributed by atoms with Crippen LogP contribution in [0.15, 0.2) is 35.8 Å². The topological polar surface area (TPSA) is 34.1 Å². The van der Waals surface area contributed by atoms with Crippen LogP contribution < -0.4 is 5.32 Å². The number of nitrogens with one attached hydrogen (secondary N) is 1. The SMILES string of the molecule is c1ccc([C@]2(CCN[C@H]3CCCc4sccc43)CCOC3(CCCC3)C2)nc1. The van der Waals surface area contributed by atoms with Gasteiger partial charge in [-0.25, -0.2) is 0 Å². The van der Waals surface area contributed by atoms with Crippen molar-refractivity contribution >= 4 is 11.3 Å². The molecule has 0 unspecified atom stereocenters. The highest BCUT2D eigenvalue weighted by atomic mass is 32.1.